The van der Waals surface area contributed by atoms with Crippen LogP contribution in [0.2, 0.25) is 0 Å². The van der Waals surface area contributed by atoms with Crippen LogP contribution < -0.4 is 0 Å². The van der Waals surface area contributed by atoms with Gasteiger partial charge in [-0.25, -0.2) is 0 Å². The molecular formula is C27H33BrO3. The monoisotopic (exact) mass is 484 g/mol. The number of halogens is 1. The highest BCUT2D eigenvalue weighted by Gasteiger charge is 2.31. The fourth-order valence-corrected chi connectivity index (χ4v) is 5.27. The molecule has 2 aromatic carbocycles. The Labute approximate surface area is 194 Å². The van der Waals surface area contributed by atoms with E-state index in [1.54, 1.807) is 0 Å². The van der Waals surface area contributed by atoms with Crippen LogP contribution in [-0.2, 0) is 14.3 Å². The van der Waals surface area contributed by atoms with Gasteiger partial charge in [-0.15, -0.1) is 0 Å². The minimum Gasteiger partial charge on any atom is -0.353 e. The molecule has 0 spiro atoms. The molecule has 0 amide bonds. The Balaban J connectivity index is 1.40. The van der Waals surface area contributed by atoms with Gasteiger partial charge in [-0.1, -0.05) is 52.3 Å². The van der Waals surface area contributed by atoms with Gasteiger partial charge in [0.1, 0.15) is 5.78 Å². The molecule has 2 unspecified atom stereocenters. The first kappa shape index (κ1) is 22.7. The Kier molecular flexibility index (Phi) is 7.97. The molecule has 0 radical (unpaired) electrons. The minimum atomic E-state index is -0.0335. The van der Waals surface area contributed by atoms with Crippen molar-refractivity contribution in [1.82, 2.24) is 0 Å². The zero-order chi connectivity index (χ0) is 21.6. The standard InChI is InChI=1S/C27H33BrO3/c1-19-6-2-3-7-24(19)25(20-9-13-22(28)14-10-20)18-26(29)21-11-15-23(16-12-21)31-27-8-4-5-17-30-27/h2-3,6-7,9-10,13-14,21,23,25,27H,4-5,8,11-12,15-18H2,1H3/t21-,23-,25?,27?. The number of hydrogen-bond acceptors (Lipinski definition) is 3. The summed E-state index contributed by atoms with van der Waals surface area (Å²) in [5.74, 6) is 0.643. The number of benzene rings is 2. The SMILES string of the molecule is Cc1ccccc1C(CC(=O)[C@H]1CC[C@H](OC2CCCCO2)CC1)c1ccc(Br)cc1. The van der Waals surface area contributed by atoms with Gasteiger partial charge in [-0.3, -0.25) is 4.79 Å². The van der Waals surface area contributed by atoms with Crippen LogP contribution in [0.15, 0.2) is 53.0 Å². The van der Waals surface area contributed by atoms with Crippen molar-refractivity contribution in [3.63, 3.8) is 0 Å². The molecule has 31 heavy (non-hydrogen) atoms. The molecule has 1 saturated heterocycles. The summed E-state index contributed by atoms with van der Waals surface area (Å²) < 4.78 is 13.0. The number of Topliss-reactive ketones (excluding diaryl/α,β-unsaturated/α-hetero) is 1. The summed E-state index contributed by atoms with van der Waals surface area (Å²) in [7, 11) is 0. The second kappa shape index (κ2) is 10.9. The molecule has 2 aromatic rings. The first-order valence-corrected chi connectivity index (χ1v) is 12.5. The number of hydrogen-bond donors (Lipinski definition) is 0. The topological polar surface area (TPSA) is 35.5 Å². The van der Waals surface area contributed by atoms with Crippen molar-refractivity contribution in [2.24, 2.45) is 5.92 Å². The minimum absolute atomic E-state index is 0.0335. The Morgan fingerprint density at radius 2 is 1.77 bits per heavy atom. The number of rotatable bonds is 7. The van der Waals surface area contributed by atoms with E-state index in [0.717, 1.165) is 49.6 Å². The lowest BCUT2D eigenvalue weighted by molar-refractivity contribution is -0.194. The van der Waals surface area contributed by atoms with E-state index < -0.39 is 0 Å². The number of carbonyl (C=O) groups excluding carboxylic acids is 1. The normalized spacial score (nSPS) is 25.2. The van der Waals surface area contributed by atoms with Gasteiger partial charge in [-0.2, -0.15) is 0 Å². The maximum absolute atomic E-state index is 13.4. The Bertz CT molecular complexity index is 849. The molecule has 1 heterocycles. The van der Waals surface area contributed by atoms with E-state index in [-0.39, 0.29) is 24.2 Å². The Morgan fingerprint density at radius 1 is 1.03 bits per heavy atom. The maximum atomic E-state index is 13.4. The lowest BCUT2D eigenvalue weighted by atomic mass is 9.78. The van der Waals surface area contributed by atoms with Gasteiger partial charge in [0.25, 0.3) is 0 Å². The number of ether oxygens (including phenoxy) is 2. The molecule has 2 atom stereocenters. The predicted molar refractivity (Wildman–Crippen MR) is 127 cm³/mol. The van der Waals surface area contributed by atoms with Crippen molar-refractivity contribution in [2.75, 3.05) is 6.61 Å². The number of ketones is 1. The molecule has 166 valence electrons. The highest BCUT2D eigenvalue weighted by atomic mass is 79.9. The van der Waals surface area contributed by atoms with Crippen LogP contribution in [0.4, 0.5) is 0 Å². The molecule has 1 saturated carbocycles. The molecule has 4 rings (SSSR count). The second-order valence-electron chi connectivity index (χ2n) is 9.04. The van der Waals surface area contributed by atoms with Crippen LogP contribution in [0.3, 0.4) is 0 Å². The largest absolute Gasteiger partial charge is 0.353 e. The summed E-state index contributed by atoms with van der Waals surface area (Å²) in [5.41, 5.74) is 3.70. The Morgan fingerprint density at radius 3 is 2.45 bits per heavy atom. The number of aryl methyl sites for hydroxylation is 1. The van der Waals surface area contributed by atoms with Gasteiger partial charge in [0.05, 0.1) is 6.10 Å². The average molecular weight is 485 g/mol. The predicted octanol–water partition coefficient (Wildman–Crippen LogP) is 6.95. The van der Waals surface area contributed by atoms with Gasteiger partial charge in [0.15, 0.2) is 6.29 Å². The van der Waals surface area contributed by atoms with Gasteiger partial charge in [0, 0.05) is 29.3 Å². The summed E-state index contributed by atoms with van der Waals surface area (Å²) in [5, 5.41) is 0. The summed E-state index contributed by atoms with van der Waals surface area (Å²) in [6.07, 6.45) is 7.88. The third-order valence-electron chi connectivity index (χ3n) is 6.85. The third-order valence-corrected chi connectivity index (χ3v) is 7.38. The van der Waals surface area contributed by atoms with Crippen molar-refractivity contribution in [3.05, 3.63) is 69.7 Å². The van der Waals surface area contributed by atoms with Crippen LogP contribution in [-0.4, -0.2) is 24.8 Å². The van der Waals surface area contributed by atoms with Gasteiger partial charge < -0.3 is 9.47 Å². The lowest BCUT2D eigenvalue weighted by Gasteiger charge is -2.32. The van der Waals surface area contributed by atoms with E-state index in [1.807, 2.05) is 0 Å². The highest BCUT2D eigenvalue weighted by molar-refractivity contribution is 9.10. The number of carbonyl (C=O) groups is 1. The molecule has 3 nitrogen and oxygen atoms in total. The molecule has 4 heteroatoms. The van der Waals surface area contributed by atoms with Crippen molar-refractivity contribution in [2.45, 2.75) is 76.6 Å². The second-order valence-corrected chi connectivity index (χ2v) is 9.95. The van der Waals surface area contributed by atoms with Crippen LogP contribution >= 0.6 is 15.9 Å². The molecule has 1 aliphatic heterocycles. The summed E-state index contributed by atoms with van der Waals surface area (Å²) >= 11 is 3.53. The lowest BCUT2D eigenvalue weighted by Crippen LogP contribution is -2.32. The molecule has 0 N–H and O–H groups in total. The van der Waals surface area contributed by atoms with Crippen molar-refractivity contribution >= 4 is 21.7 Å². The molecular weight excluding hydrogens is 452 g/mol. The highest BCUT2D eigenvalue weighted by Crippen LogP contribution is 2.35. The zero-order valence-electron chi connectivity index (χ0n) is 18.4. The van der Waals surface area contributed by atoms with E-state index in [2.05, 4.69) is 71.4 Å². The first-order valence-electron chi connectivity index (χ1n) is 11.7. The quantitative estimate of drug-likeness (QED) is 0.426. The van der Waals surface area contributed by atoms with Crippen LogP contribution in [0.1, 0.15) is 74.0 Å². The van der Waals surface area contributed by atoms with Gasteiger partial charge >= 0.3 is 0 Å². The van der Waals surface area contributed by atoms with E-state index in [0.29, 0.717) is 12.2 Å². The first-order chi connectivity index (χ1) is 15.1. The fourth-order valence-electron chi connectivity index (χ4n) is 5.00. The molecule has 0 bridgehead atoms. The fraction of sp³-hybridized carbons (Fsp3) is 0.519. The van der Waals surface area contributed by atoms with Crippen molar-refractivity contribution in [3.8, 4) is 0 Å². The van der Waals surface area contributed by atoms with Crippen molar-refractivity contribution in [1.29, 1.82) is 0 Å². The molecule has 2 fully saturated rings. The van der Waals surface area contributed by atoms with E-state index >= 15 is 0 Å². The van der Waals surface area contributed by atoms with E-state index in [4.69, 9.17) is 9.47 Å². The molecule has 1 aliphatic carbocycles. The molecule has 0 aromatic heterocycles. The Hall–Kier alpha value is -1.49. The summed E-state index contributed by atoms with van der Waals surface area (Å²) in [6.45, 7) is 2.95. The van der Waals surface area contributed by atoms with E-state index in [9.17, 15) is 4.79 Å². The van der Waals surface area contributed by atoms with Crippen LogP contribution in [0.5, 0.6) is 0 Å². The smallest absolute Gasteiger partial charge is 0.157 e. The molecule has 2 aliphatic rings. The van der Waals surface area contributed by atoms with Crippen LogP contribution in [0, 0.1) is 12.8 Å². The maximum Gasteiger partial charge on any atom is 0.157 e. The van der Waals surface area contributed by atoms with Gasteiger partial charge in [0.2, 0.25) is 0 Å². The zero-order valence-corrected chi connectivity index (χ0v) is 20.0. The van der Waals surface area contributed by atoms with Gasteiger partial charge in [-0.05, 0) is 80.7 Å². The van der Waals surface area contributed by atoms with E-state index in [1.165, 1.54) is 23.1 Å². The summed E-state index contributed by atoms with van der Waals surface area (Å²) in [6, 6.07) is 16.9. The van der Waals surface area contributed by atoms with Crippen LogP contribution in [0.25, 0.3) is 0 Å². The third kappa shape index (κ3) is 6.06. The summed E-state index contributed by atoms with van der Waals surface area (Å²) in [4.78, 5) is 13.4. The van der Waals surface area contributed by atoms with Crippen molar-refractivity contribution < 1.29 is 14.3 Å². The average Bonchev–Trinajstić information content (AvgIpc) is 2.80.